The number of aliphatic hydroxyl groups excluding tert-OH is 1. The largest absolute Gasteiger partial charge is 0.396 e. The third-order valence-corrected chi connectivity index (χ3v) is 5.41. The number of nitrogens with one attached hydrogen (secondary N) is 1. The highest BCUT2D eigenvalue weighted by Crippen LogP contribution is 2.18. The summed E-state index contributed by atoms with van der Waals surface area (Å²) in [5.41, 5.74) is 0. The lowest BCUT2D eigenvalue weighted by Crippen LogP contribution is -2.52. The first-order valence-corrected chi connectivity index (χ1v) is 9.49. The Morgan fingerprint density at radius 2 is 1.83 bits per heavy atom. The number of carbonyl (C=O) groups is 1. The van der Waals surface area contributed by atoms with Crippen LogP contribution in [0.5, 0.6) is 0 Å². The number of rotatable bonds is 5. The fourth-order valence-corrected chi connectivity index (χ4v) is 3.92. The first kappa shape index (κ1) is 18.5. The maximum absolute atomic E-state index is 12.5. The van der Waals surface area contributed by atoms with E-state index in [1.165, 1.54) is 25.7 Å². The fraction of sp³-hybridized carbons (Fsp3) is 0.944. The van der Waals surface area contributed by atoms with Crippen molar-refractivity contribution in [3.63, 3.8) is 0 Å². The van der Waals surface area contributed by atoms with Crippen LogP contribution in [-0.4, -0.2) is 66.3 Å². The molecule has 2 aliphatic heterocycles. The van der Waals surface area contributed by atoms with E-state index in [9.17, 15) is 9.90 Å². The SMILES string of the molecule is CC(C)C(CNC(=O)N1CCCC(CO)C1)N1CCCCCC1. The number of nitrogens with zero attached hydrogens (tertiary/aromatic N) is 2. The van der Waals surface area contributed by atoms with Gasteiger partial charge in [-0.15, -0.1) is 0 Å². The van der Waals surface area contributed by atoms with E-state index in [4.69, 9.17) is 0 Å². The molecule has 2 unspecified atom stereocenters. The Kier molecular flexibility index (Phi) is 7.63. The predicted molar refractivity (Wildman–Crippen MR) is 93.4 cm³/mol. The Labute approximate surface area is 141 Å². The van der Waals surface area contributed by atoms with Crippen LogP contribution in [0.3, 0.4) is 0 Å². The van der Waals surface area contributed by atoms with Crippen molar-refractivity contribution < 1.29 is 9.90 Å². The van der Waals surface area contributed by atoms with E-state index in [1.54, 1.807) is 0 Å². The quantitative estimate of drug-likeness (QED) is 0.815. The minimum absolute atomic E-state index is 0.0450. The summed E-state index contributed by atoms with van der Waals surface area (Å²) in [6, 6.07) is 0.471. The van der Waals surface area contributed by atoms with Crippen LogP contribution in [0.25, 0.3) is 0 Å². The van der Waals surface area contributed by atoms with Crippen LogP contribution in [0.2, 0.25) is 0 Å². The lowest BCUT2D eigenvalue weighted by Gasteiger charge is -2.36. The Morgan fingerprint density at radius 3 is 2.43 bits per heavy atom. The van der Waals surface area contributed by atoms with Gasteiger partial charge in [-0.1, -0.05) is 26.7 Å². The van der Waals surface area contributed by atoms with Crippen molar-refractivity contribution in [3.05, 3.63) is 0 Å². The molecule has 0 aromatic rings. The van der Waals surface area contributed by atoms with E-state index in [0.29, 0.717) is 18.5 Å². The van der Waals surface area contributed by atoms with Crippen molar-refractivity contribution >= 4 is 6.03 Å². The molecule has 0 spiro atoms. The number of carbonyl (C=O) groups excluding carboxylic acids is 1. The molecule has 134 valence electrons. The van der Waals surface area contributed by atoms with Gasteiger partial charge in [0, 0.05) is 32.3 Å². The van der Waals surface area contributed by atoms with Gasteiger partial charge in [-0.3, -0.25) is 4.90 Å². The number of likely N-dealkylation sites (tertiary alicyclic amines) is 2. The number of amides is 2. The maximum Gasteiger partial charge on any atom is 0.317 e. The molecule has 2 rings (SSSR count). The summed E-state index contributed by atoms with van der Waals surface area (Å²) in [7, 11) is 0. The van der Waals surface area contributed by atoms with Crippen molar-refractivity contribution in [2.24, 2.45) is 11.8 Å². The minimum Gasteiger partial charge on any atom is -0.396 e. The monoisotopic (exact) mass is 325 g/mol. The van der Waals surface area contributed by atoms with Crippen LogP contribution in [0.4, 0.5) is 4.79 Å². The molecule has 5 nitrogen and oxygen atoms in total. The van der Waals surface area contributed by atoms with Crippen LogP contribution in [0, 0.1) is 11.8 Å². The zero-order valence-corrected chi connectivity index (χ0v) is 15.0. The average Bonchev–Trinajstić information content (AvgIpc) is 2.84. The molecule has 2 aliphatic rings. The molecule has 0 radical (unpaired) electrons. The third kappa shape index (κ3) is 5.64. The number of hydrogen-bond acceptors (Lipinski definition) is 3. The van der Waals surface area contributed by atoms with Crippen molar-refractivity contribution in [1.82, 2.24) is 15.1 Å². The van der Waals surface area contributed by atoms with Crippen LogP contribution < -0.4 is 5.32 Å². The Bertz CT molecular complexity index is 354. The van der Waals surface area contributed by atoms with Gasteiger partial charge in [-0.25, -0.2) is 4.79 Å². The molecule has 0 aliphatic carbocycles. The van der Waals surface area contributed by atoms with Gasteiger partial charge in [0.25, 0.3) is 0 Å². The smallest absolute Gasteiger partial charge is 0.317 e. The Balaban J connectivity index is 1.84. The molecule has 2 amide bonds. The molecular formula is C18H35N3O2. The number of urea groups is 1. The van der Waals surface area contributed by atoms with Crippen LogP contribution in [-0.2, 0) is 0 Å². The standard InChI is InChI=1S/C18H35N3O2/c1-15(2)17(20-9-5-3-4-6-10-20)12-19-18(23)21-11-7-8-16(13-21)14-22/h15-17,22H,3-14H2,1-2H3,(H,19,23). The molecule has 0 aromatic heterocycles. The molecular weight excluding hydrogens is 290 g/mol. The van der Waals surface area contributed by atoms with Crippen molar-refractivity contribution in [1.29, 1.82) is 0 Å². The maximum atomic E-state index is 12.5. The summed E-state index contributed by atoms with van der Waals surface area (Å²) < 4.78 is 0. The molecule has 23 heavy (non-hydrogen) atoms. The van der Waals surface area contributed by atoms with Gasteiger partial charge >= 0.3 is 6.03 Å². The van der Waals surface area contributed by atoms with Gasteiger partial charge in [0.05, 0.1) is 0 Å². The molecule has 0 saturated carbocycles. The zero-order valence-electron chi connectivity index (χ0n) is 15.0. The van der Waals surface area contributed by atoms with Crippen LogP contribution in [0.1, 0.15) is 52.4 Å². The highest BCUT2D eigenvalue weighted by atomic mass is 16.3. The molecule has 2 heterocycles. The normalized spacial score (nSPS) is 25.2. The lowest BCUT2D eigenvalue weighted by atomic mass is 9.99. The van der Waals surface area contributed by atoms with Crippen LogP contribution >= 0.6 is 0 Å². The summed E-state index contributed by atoms with van der Waals surface area (Å²) in [6.45, 7) is 9.26. The summed E-state index contributed by atoms with van der Waals surface area (Å²) >= 11 is 0. The van der Waals surface area contributed by atoms with E-state index in [0.717, 1.165) is 39.0 Å². The highest BCUT2D eigenvalue weighted by molar-refractivity contribution is 5.74. The predicted octanol–water partition coefficient (Wildman–Crippen LogP) is 2.30. The fourth-order valence-electron chi connectivity index (χ4n) is 3.92. The van der Waals surface area contributed by atoms with Gasteiger partial charge < -0.3 is 15.3 Å². The number of piperidine rings is 1. The molecule has 2 N–H and O–H groups in total. The molecule has 5 heteroatoms. The van der Waals surface area contributed by atoms with Crippen molar-refractivity contribution in [2.75, 3.05) is 39.3 Å². The topological polar surface area (TPSA) is 55.8 Å². The van der Waals surface area contributed by atoms with E-state index >= 15 is 0 Å². The van der Waals surface area contributed by atoms with Gasteiger partial charge in [-0.2, -0.15) is 0 Å². The van der Waals surface area contributed by atoms with Gasteiger partial charge in [-0.05, 0) is 50.6 Å². The van der Waals surface area contributed by atoms with E-state index in [2.05, 4.69) is 24.1 Å². The van der Waals surface area contributed by atoms with Gasteiger partial charge in [0.2, 0.25) is 0 Å². The Hall–Kier alpha value is -0.810. The second-order valence-electron chi connectivity index (χ2n) is 7.58. The van der Waals surface area contributed by atoms with Gasteiger partial charge in [0.1, 0.15) is 0 Å². The highest BCUT2D eigenvalue weighted by Gasteiger charge is 2.26. The molecule has 0 aromatic carbocycles. The van der Waals surface area contributed by atoms with Gasteiger partial charge in [0.15, 0.2) is 0 Å². The number of hydrogen-bond donors (Lipinski definition) is 2. The summed E-state index contributed by atoms with van der Waals surface area (Å²) in [6.07, 6.45) is 7.26. The van der Waals surface area contributed by atoms with E-state index < -0.39 is 0 Å². The second kappa shape index (κ2) is 9.48. The summed E-state index contributed by atoms with van der Waals surface area (Å²) in [5.74, 6) is 0.793. The molecule has 2 saturated heterocycles. The average molecular weight is 325 g/mol. The first-order chi connectivity index (χ1) is 11.1. The summed E-state index contributed by atoms with van der Waals surface area (Å²) in [5, 5.41) is 12.5. The molecule has 0 bridgehead atoms. The van der Waals surface area contributed by atoms with Crippen molar-refractivity contribution in [2.45, 2.75) is 58.4 Å². The zero-order chi connectivity index (χ0) is 16.7. The third-order valence-electron chi connectivity index (χ3n) is 5.41. The number of aliphatic hydroxyl groups is 1. The van der Waals surface area contributed by atoms with Crippen LogP contribution in [0.15, 0.2) is 0 Å². The second-order valence-corrected chi connectivity index (χ2v) is 7.58. The van der Waals surface area contributed by atoms with E-state index in [-0.39, 0.29) is 18.6 Å². The minimum atomic E-state index is 0.0450. The molecule has 2 fully saturated rings. The molecule has 2 atom stereocenters. The summed E-state index contributed by atoms with van der Waals surface area (Å²) in [4.78, 5) is 16.9. The lowest BCUT2D eigenvalue weighted by molar-refractivity contribution is 0.122. The van der Waals surface area contributed by atoms with Crippen molar-refractivity contribution in [3.8, 4) is 0 Å². The Morgan fingerprint density at radius 1 is 1.13 bits per heavy atom. The first-order valence-electron chi connectivity index (χ1n) is 9.49. The van der Waals surface area contributed by atoms with E-state index in [1.807, 2.05) is 4.90 Å².